The van der Waals surface area contributed by atoms with Crippen LogP contribution < -0.4 is 10.6 Å². The van der Waals surface area contributed by atoms with Crippen molar-refractivity contribution < 1.29 is 27.9 Å². The minimum absolute atomic E-state index is 0.0811. The molecule has 12 heteroatoms. The average Bonchev–Trinajstić information content (AvgIpc) is 3.46. The maximum Gasteiger partial charge on any atom is 0.416 e. The van der Waals surface area contributed by atoms with E-state index in [0.29, 0.717) is 37.4 Å². The van der Waals surface area contributed by atoms with Crippen molar-refractivity contribution in [2.45, 2.75) is 56.0 Å². The minimum atomic E-state index is -4.55. The first-order valence-corrected chi connectivity index (χ1v) is 13.6. The van der Waals surface area contributed by atoms with Crippen LogP contribution in [0.15, 0.2) is 61.1 Å². The summed E-state index contributed by atoms with van der Waals surface area (Å²) >= 11 is 0. The van der Waals surface area contributed by atoms with Gasteiger partial charge < -0.3 is 20.6 Å². The van der Waals surface area contributed by atoms with Gasteiger partial charge in [0.15, 0.2) is 5.82 Å². The van der Waals surface area contributed by atoms with Gasteiger partial charge in [0.2, 0.25) is 5.91 Å². The first-order chi connectivity index (χ1) is 19.6. The lowest BCUT2D eigenvalue weighted by Crippen LogP contribution is -2.46. The molecule has 1 aliphatic heterocycles. The number of carbonyl (C=O) groups is 2. The number of alkyl halides is 3. The number of pyridine rings is 1. The van der Waals surface area contributed by atoms with Crippen molar-refractivity contribution in [1.82, 2.24) is 30.5 Å². The van der Waals surface area contributed by atoms with Crippen molar-refractivity contribution in [1.29, 1.82) is 0 Å². The predicted octanol–water partition coefficient (Wildman–Crippen LogP) is 3.31. The smallest absolute Gasteiger partial charge is 0.384 e. The second kappa shape index (κ2) is 11.9. The lowest BCUT2D eigenvalue weighted by molar-refractivity contribution is -0.137. The Hall–Kier alpha value is -3.90. The Balaban J connectivity index is 1.06. The summed E-state index contributed by atoms with van der Waals surface area (Å²) in [6.07, 6.45) is 3.81. The van der Waals surface area contributed by atoms with Gasteiger partial charge in [-0.1, -0.05) is 6.07 Å². The Morgan fingerprint density at radius 1 is 1.00 bits per heavy atom. The topological polar surface area (TPSA) is 120 Å². The average molecular weight is 569 g/mol. The van der Waals surface area contributed by atoms with Gasteiger partial charge in [-0.2, -0.15) is 13.2 Å². The number of hydrogen-bond acceptors (Lipinski definition) is 7. The molecule has 1 saturated heterocycles. The van der Waals surface area contributed by atoms with Gasteiger partial charge in [0.25, 0.3) is 5.91 Å². The third-order valence-electron chi connectivity index (χ3n) is 7.74. The molecular formula is C29H31F3N6O3. The second-order valence-corrected chi connectivity index (χ2v) is 10.6. The molecule has 3 aromatic rings. The van der Waals surface area contributed by atoms with Crippen molar-refractivity contribution in [3.8, 4) is 11.4 Å². The highest BCUT2D eigenvalue weighted by atomic mass is 19.4. The molecule has 216 valence electrons. The predicted molar refractivity (Wildman–Crippen MR) is 143 cm³/mol. The molecular weight excluding hydrogens is 537 g/mol. The van der Waals surface area contributed by atoms with E-state index in [1.54, 1.807) is 29.6 Å². The van der Waals surface area contributed by atoms with Crippen LogP contribution in [0, 0.1) is 0 Å². The van der Waals surface area contributed by atoms with Crippen molar-refractivity contribution in [2.75, 3.05) is 19.6 Å². The summed E-state index contributed by atoms with van der Waals surface area (Å²) in [6, 6.07) is 9.81. The first kappa shape index (κ1) is 28.6. The zero-order chi connectivity index (χ0) is 29.0. The first-order valence-electron chi connectivity index (χ1n) is 13.6. The van der Waals surface area contributed by atoms with Crippen LogP contribution in [-0.2, 0) is 16.6 Å². The van der Waals surface area contributed by atoms with E-state index in [9.17, 15) is 27.9 Å². The molecule has 2 aromatic heterocycles. The van der Waals surface area contributed by atoms with Gasteiger partial charge in [0.1, 0.15) is 5.60 Å². The Labute approximate surface area is 235 Å². The van der Waals surface area contributed by atoms with E-state index >= 15 is 0 Å². The zero-order valence-electron chi connectivity index (χ0n) is 22.3. The van der Waals surface area contributed by atoms with Crippen molar-refractivity contribution in [3.63, 3.8) is 0 Å². The molecule has 41 heavy (non-hydrogen) atoms. The third-order valence-corrected chi connectivity index (χ3v) is 7.74. The molecule has 1 atom stereocenters. The van der Waals surface area contributed by atoms with E-state index in [4.69, 9.17) is 0 Å². The van der Waals surface area contributed by atoms with Gasteiger partial charge >= 0.3 is 6.18 Å². The van der Waals surface area contributed by atoms with Crippen molar-refractivity contribution in [2.24, 2.45) is 0 Å². The molecule has 0 unspecified atom stereocenters. The molecule has 0 bridgehead atoms. The fourth-order valence-electron chi connectivity index (χ4n) is 5.43. The Morgan fingerprint density at radius 3 is 2.44 bits per heavy atom. The fourth-order valence-corrected chi connectivity index (χ4v) is 5.43. The number of rotatable bonds is 7. The molecule has 0 radical (unpaired) electrons. The van der Waals surface area contributed by atoms with E-state index in [1.807, 2.05) is 12.1 Å². The lowest BCUT2D eigenvalue weighted by Gasteiger charge is -2.37. The number of nitrogens with zero attached hydrogens (tertiary/aromatic N) is 4. The van der Waals surface area contributed by atoms with Gasteiger partial charge in [-0.05, 0) is 68.5 Å². The van der Waals surface area contributed by atoms with Gasteiger partial charge in [0.05, 0.1) is 17.8 Å². The Bertz CT molecular complexity index is 1360. The fraction of sp³-hybridized carbons (Fsp3) is 0.414. The molecule has 2 fully saturated rings. The number of aromatic nitrogens is 3. The standard InChI is InChI=1S/C29H31F3N6O3/c30-29(31,32)21-4-1-3-19(15-21)27(40)36-17-25(39)38-14-9-23(18-38)37-22-7-10-28(41,11-8-22)24-6-5-20(16-35-24)26-33-12-2-13-34-26/h1-6,12-13,15-16,22-23,37,41H,7-11,14,17-18H2,(H,36,40)/t22?,23-,28?/m1/s1. The summed E-state index contributed by atoms with van der Waals surface area (Å²) in [7, 11) is 0. The summed E-state index contributed by atoms with van der Waals surface area (Å²) in [4.78, 5) is 39.6. The quantitative estimate of drug-likeness (QED) is 0.400. The normalized spacial score (nSPS) is 22.9. The summed E-state index contributed by atoms with van der Waals surface area (Å²) in [5, 5.41) is 17.3. The number of carbonyl (C=O) groups excluding carboxylic acids is 2. The van der Waals surface area contributed by atoms with Crippen LogP contribution in [0.4, 0.5) is 13.2 Å². The molecule has 0 spiro atoms. The van der Waals surface area contributed by atoms with Crippen LogP contribution in [0.3, 0.4) is 0 Å². The van der Waals surface area contributed by atoms with E-state index in [2.05, 4.69) is 25.6 Å². The highest BCUT2D eigenvalue weighted by molar-refractivity contribution is 5.96. The summed E-state index contributed by atoms with van der Waals surface area (Å²) < 4.78 is 38.8. The van der Waals surface area contributed by atoms with Crippen molar-refractivity contribution >= 4 is 11.8 Å². The highest BCUT2D eigenvalue weighted by Gasteiger charge is 2.37. The molecule has 2 amide bonds. The zero-order valence-corrected chi connectivity index (χ0v) is 22.3. The number of aliphatic hydroxyl groups is 1. The summed E-state index contributed by atoms with van der Waals surface area (Å²) in [5.74, 6) is -0.442. The van der Waals surface area contributed by atoms with Gasteiger partial charge in [-0.25, -0.2) is 9.97 Å². The number of amides is 2. The number of likely N-dealkylation sites (tertiary alicyclic amines) is 1. The maximum atomic E-state index is 12.9. The van der Waals surface area contributed by atoms with Crippen molar-refractivity contribution in [3.05, 3.63) is 77.9 Å². The highest BCUT2D eigenvalue weighted by Crippen LogP contribution is 2.37. The molecule has 3 heterocycles. The lowest BCUT2D eigenvalue weighted by atomic mass is 9.79. The van der Waals surface area contributed by atoms with Crippen LogP contribution in [0.1, 0.15) is 53.7 Å². The largest absolute Gasteiger partial charge is 0.416 e. The summed E-state index contributed by atoms with van der Waals surface area (Å²) in [5.41, 5.74) is -0.672. The Morgan fingerprint density at radius 2 is 1.76 bits per heavy atom. The SMILES string of the molecule is O=C(NCC(=O)N1CC[C@@H](NC2CCC(O)(c3ccc(-c4ncccn4)cn3)CC2)C1)c1cccc(C(F)(F)F)c1. The van der Waals surface area contributed by atoms with E-state index in [0.717, 1.165) is 43.0 Å². The number of benzene rings is 1. The third kappa shape index (κ3) is 6.88. The molecule has 3 N–H and O–H groups in total. The van der Waals surface area contributed by atoms with Gasteiger partial charge in [-0.3, -0.25) is 14.6 Å². The van der Waals surface area contributed by atoms with Gasteiger partial charge in [0, 0.05) is 54.9 Å². The number of nitrogens with one attached hydrogen (secondary N) is 2. The number of hydrogen-bond donors (Lipinski definition) is 3. The minimum Gasteiger partial charge on any atom is -0.384 e. The van der Waals surface area contributed by atoms with Crippen LogP contribution in [0.25, 0.3) is 11.4 Å². The molecule has 9 nitrogen and oxygen atoms in total. The molecule has 1 aromatic carbocycles. The maximum absolute atomic E-state index is 12.9. The molecule has 2 aliphatic rings. The molecule has 5 rings (SSSR count). The number of halogens is 3. The van der Waals surface area contributed by atoms with Crippen LogP contribution in [0.5, 0.6) is 0 Å². The molecule has 1 saturated carbocycles. The monoisotopic (exact) mass is 568 g/mol. The Kier molecular flexibility index (Phi) is 8.32. The van der Waals surface area contributed by atoms with Gasteiger partial charge in [-0.15, -0.1) is 0 Å². The second-order valence-electron chi connectivity index (χ2n) is 10.6. The van der Waals surface area contributed by atoms with E-state index < -0.39 is 23.2 Å². The van der Waals surface area contributed by atoms with Crippen LogP contribution >= 0.6 is 0 Å². The van der Waals surface area contributed by atoms with E-state index in [1.165, 1.54) is 6.07 Å². The van der Waals surface area contributed by atoms with E-state index in [-0.39, 0.29) is 30.1 Å². The van der Waals surface area contributed by atoms with Crippen LogP contribution in [0.2, 0.25) is 0 Å². The molecule has 1 aliphatic carbocycles. The van der Waals surface area contributed by atoms with Crippen LogP contribution in [-0.4, -0.2) is 68.5 Å². The summed E-state index contributed by atoms with van der Waals surface area (Å²) in [6.45, 7) is 0.706.